The molecule has 2 aromatic carbocycles. The van der Waals surface area contributed by atoms with Crippen LogP contribution in [0.5, 0.6) is 0 Å². The van der Waals surface area contributed by atoms with Crippen LogP contribution in [0.25, 0.3) is 0 Å². The highest BCUT2D eigenvalue weighted by molar-refractivity contribution is 7.89. The van der Waals surface area contributed by atoms with Gasteiger partial charge >= 0.3 is 0 Å². The molecule has 0 saturated carbocycles. The molecule has 1 amide bonds. The minimum Gasteiger partial charge on any atom is -0.324 e. The van der Waals surface area contributed by atoms with Crippen molar-refractivity contribution in [1.82, 2.24) is 0 Å². The zero-order valence-corrected chi connectivity index (χ0v) is 12.3. The van der Waals surface area contributed by atoms with Crippen molar-refractivity contribution in [3.8, 4) is 0 Å². The number of anilines is 1. The lowest BCUT2D eigenvalue weighted by molar-refractivity contribution is -0.117. The lowest BCUT2D eigenvalue weighted by Gasteiger charge is -2.14. The molecule has 0 aromatic heterocycles. The molecular weight excluding hydrogens is 288 g/mol. The van der Waals surface area contributed by atoms with Gasteiger partial charge in [0.25, 0.3) is 0 Å². The van der Waals surface area contributed by atoms with Gasteiger partial charge in [0, 0.05) is 0 Å². The zero-order chi connectivity index (χ0) is 15.5. The van der Waals surface area contributed by atoms with Crippen LogP contribution >= 0.6 is 0 Å². The van der Waals surface area contributed by atoms with E-state index < -0.39 is 15.9 Å². The predicted molar refractivity (Wildman–Crippen MR) is 81.3 cm³/mol. The summed E-state index contributed by atoms with van der Waals surface area (Å²) in [5, 5.41) is 7.76. The SMILES string of the molecule is CC(C(=O)Nc1ccccc1S(N)(=O)=O)c1ccccc1. The van der Waals surface area contributed by atoms with Crippen molar-refractivity contribution in [3.05, 3.63) is 60.2 Å². The molecule has 2 rings (SSSR count). The van der Waals surface area contributed by atoms with Crippen LogP contribution in [-0.2, 0) is 14.8 Å². The molecular formula is C15H16N2O3S. The second-order valence-electron chi connectivity index (χ2n) is 4.66. The summed E-state index contributed by atoms with van der Waals surface area (Å²) in [6.07, 6.45) is 0. The maximum Gasteiger partial charge on any atom is 0.240 e. The summed E-state index contributed by atoms with van der Waals surface area (Å²) in [5.41, 5.74) is 1.04. The topological polar surface area (TPSA) is 89.3 Å². The van der Waals surface area contributed by atoms with E-state index in [-0.39, 0.29) is 16.5 Å². The summed E-state index contributed by atoms with van der Waals surface area (Å²) in [6.45, 7) is 1.75. The summed E-state index contributed by atoms with van der Waals surface area (Å²) < 4.78 is 23.0. The number of para-hydroxylation sites is 1. The van der Waals surface area contributed by atoms with Gasteiger partial charge in [0.1, 0.15) is 4.90 Å². The number of amides is 1. The Morgan fingerprint density at radius 3 is 2.24 bits per heavy atom. The van der Waals surface area contributed by atoms with E-state index in [1.165, 1.54) is 12.1 Å². The number of benzene rings is 2. The van der Waals surface area contributed by atoms with Crippen LogP contribution in [0, 0.1) is 0 Å². The molecule has 0 saturated heterocycles. The average Bonchev–Trinajstić information content (AvgIpc) is 2.47. The first-order valence-corrected chi connectivity index (χ1v) is 7.92. The van der Waals surface area contributed by atoms with Gasteiger partial charge in [-0.05, 0) is 24.6 Å². The van der Waals surface area contributed by atoms with Crippen LogP contribution in [0.2, 0.25) is 0 Å². The average molecular weight is 304 g/mol. The molecule has 1 atom stereocenters. The number of nitrogens with two attached hydrogens (primary N) is 1. The molecule has 3 N–H and O–H groups in total. The highest BCUT2D eigenvalue weighted by Crippen LogP contribution is 2.22. The normalized spacial score (nSPS) is 12.7. The Bertz CT molecular complexity index is 743. The Morgan fingerprint density at radius 1 is 1.05 bits per heavy atom. The van der Waals surface area contributed by atoms with Crippen molar-refractivity contribution in [1.29, 1.82) is 0 Å². The van der Waals surface area contributed by atoms with Crippen LogP contribution in [0.15, 0.2) is 59.5 Å². The highest BCUT2D eigenvalue weighted by atomic mass is 32.2. The van der Waals surface area contributed by atoms with E-state index in [1.54, 1.807) is 19.1 Å². The molecule has 0 aliphatic carbocycles. The van der Waals surface area contributed by atoms with Gasteiger partial charge in [-0.3, -0.25) is 4.79 Å². The molecule has 6 heteroatoms. The van der Waals surface area contributed by atoms with Crippen LogP contribution in [0.4, 0.5) is 5.69 Å². The second-order valence-corrected chi connectivity index (χ2v) is 6.19. The van der Waals surface area contributed by atoms with Crippen LogP contribution < -0.4 is 10.5 Å². The number of carbonyl (C=O) groups excluding carboxylic acids is 1. The van der Waals surface area contributed by atoms with Crippen LogP contribution in [-0.4, -0.2) is 14.3 Å². The van der Waals surface area contributed by atoms with Crippen LogP contribution in [0.1, 0.15) is 18.4 Å². The van der Waals surface area contributed by atoms with Gasteiger partial charge in [-0.25, -0.2) is 13.6 Å². The Morgan fingerprint density at radius 2 is 1.62 bits per heavy atom. The molecule has 0 aliphatic heterocycles. The summed E-state index contributed by atoms with van der Waals surface area (Å²) in [5.74, 6) is -0.697. The molecule has 0 bridgehead atoms. The zero-order valence-electron chi connectivity index (χ0n) is 11.5. The van der Waals surface area contributed by atoms with E-state index in [9.17, 15) is 13.2 Å². The number of carbonyl (C=O) groups is 1. The van der Waals surface area contributed by atoms with Gasteiger partial charge in [0.15, 0.2) is 0 Å². The molecule has 0 fully saturated rings. The fourth-order valence-electron chi connectivity index (χ4n) is 1.95. The minimum atomic E-state index is -3.88. The summed E-state index contributed by atoms with van der Waals surface area (Å²) >= 11 is 0. The van der Waals surface area contributed by atoms with Gasteiger partial charge in [0.05, 0.1) is 11.6 Å². The number of rotatable bonds is 4. The lowest BCUT2D eigenvalue weighted by atomic mass is 10.0. The summed E-state index contributed by atoms with van der Waals surface area (Å²) in [7, 11) is -3.88. The smallest absolute Gasteiger partial charge is 0.240 e. The second kappa shape index (κ2) is 6.07. The third-order valence-corrected chi connectivity index (χ3v) is 4.11. The van der Waals surface area contributed by atoms with Crippen molar-refractivity contribution in [2.24, 2.45) is 5.14 Å². The van der Waals surface area contributed by atoms with Crippen molar-refractivity contribution in [2.75, 3.05) is 5.32 Å². The van der Waals surface area contributed by atoms with Crippen molar-refractivity contribution >= 4 is 21.6 Å². The number of nitrogens with one attached hydrogen (secondary N) is 1. The van der Waals surface area contributed by atoms with Crippen LogP contribution in [0.3, 0.4) is 0 Å². The summed E-state index contributed by atoms with van der Waals surface area (Å²) in [6, 6.07) is 15.3. The van der Waals surface area contributed by atoms with Gasteiger partial charge in [-0.2, -0.15) is 0 Å². The monoisotopic (exact) mass is 304 g/mol. The molecule has 0 heterocycles. The number of sulfonamides is 1. The van der Waals surface area contributed by atoms with Gasteiger partial charge in [0.2, 0.25) is 15.9 Å². The maximum absolute atomic E-state index is 12.2. The molecule has 21 heavy (non-hydrogen) atoms. The van der Waals surface area contributed by atoms with E-state index in [0.29, 0.717) is 0 Å². The Hall–Kier alpha value is -2.18. The fourth-order valence-corrected chi connectivity index (χ4v) is 2.65. The minimum absolute atomic E-state index is 0.0985. The first kappa shape index (κ1) is 15.2. The molecule has 5 nitrogen and oxygen atoms in total. The molecule has 0 aliphatic rings. The highest BCUT2D eigenvalue weighted by Gasteiger charge is 2.19. The number of hydrogen-bond acceptors (Lipinski definition) is 3. The van der Waals surface area contributed by atoms with Gasteiger partial charge in [-0.15, -0.1) is 0 Å². The van der Waals surface area contributed by atoms with E-state index in [2.05, 4.69) is 5.32 Å². The Labute approximate surface area is 123 Å². The molecule has 0 radical (unpaired) electrons. The standard InChI is InChI=1S/C15H16N2O3S/c1-11(12-7-3-2-4-8-12)15(18)17-13-9-5-6-10-14(13)21(16,19)20/h2-11H,1H3,(H,17,18)(H2,16,19,20). The molecule has 1 unspecified atom stereocenters. The van der Waals surface area contributed by atoms with Gasteiger partial charge in [-0.1, -0.05) is 42.5 Å². The maximum atomic E-state index is 12.2. The van der Waals surface area contributed by atoms with Crippen molar-refractivity contribution in [3.63, 3.8) is 0 Å². The summed E-state index contributed by atoms with van der Waals surface area (Å²) in [4.78, 5) is 12.1. The third-order valence-electron chi connectivity index (χ3n) is 3.14. The fraction of sp³-hybridized carbons (Fsp3) is 0.133. The van der Waals surface area contributed by atoms with E-state index in [0.717, 1.165) is 5.56 Å². The van der Waals surface area contributed by atoms with E-state index in [1.807, 2.05) is 30.3 Å². The number of primary sulfonamides is 1. The number of hydrogen-bond donors (Lipinski definition) is 2. The van der Waals surface area contributed by atoms with E-state index >= 15 is 0 Å². The Kier molecular flexibility index (Phi) is 4.40. The van der Waals surface area contributed by atoms with Crippen molar-refractivity contribution in [2.45, 2.75) is 17.7 Å². The quantitative estimate of drug-likeness (QED) is 0.906. The predicted octanol–water partition coefficient (Wildman–Crippen LogP) is 2.08. The molecule has 0 spiro atoms. The first-order chi connectivity index (χ1) is 9.89. The third kappa shape index (κ3) is 3.68. The van der Waals surface area contributed by atoms with Crippen molar-refractivity contribution < 1.29 is 13.2 Å². The largest absolute Gasteiger partial charge is 0.324 e. The van der Waals surface area contributed by atoms with E-state index in [4.69, 9.17) is 5.14 Å². The molecule has 110 valence electrons. The van der Waals surface area contributed by atoms with Gasteiger partial charge < -0.3 is 5.32 Å². The molecule has 2 aromatic rings. The lowest BCUT2D eigenvalue weighted by Crippen LogP contribution is -2.22. The Balaban J connectivity index is 2.25. The first-order valence-electron chi connectivity index (χ1n) is 6.37.